The van der Waals surface area contributed by atoms with Crippen molar-refractivity contribution in [1.29, 1.82) is 0 Å². The Morgan fingerprint density at radius 2 is 1.95 bits per heavy atom. The van der Waals surface area contributed by atoms with Gasteiger partial charge in [0.25, 0.3) is 0 Å². The lowest BCUT2D eigenvalue weighted by atomic mass is 10.0. The molecule has 19 heavy (non-hydrogen) atoms. The van der Waals surface area contributed by atoms with Gasteiger partial charge in [-0.25, -0.2) is 0 Å². The van der Waals surface area contributed by atoms with Gasteiger partial charge in [0.2, 0.25) is 5.91 Å². The fourth-order valence-electron chi connectivity index (χ4n) is 2.63. The predicted molar refractivity (Wildman–Crippen MR) is 76.9 cm³/mol. The summed E-state index contributed by atoms with van der Waals surface area (Å²) >= 11 is 0. The van der Waals surface area contributed by atoms with E-state index in [0.717, 1.165) is 19.5 Å². The molecule has 0 aliphatic carbocycles. The zero-order chi connectivity index (χ0) is 13.1. The molecule has 0 spiro atoms. The SMILES string of the molecule is O=C1CNCCCN1Cc1cccc2ccccc12. The van der Waals surface area contributed by atoms with E-state index in [1.165, 1.54) is 16.3 Å². The van der Waals surface area contributed by atoms with Crippen molar-refractivity contribution >= 4 is 16.7 Å². The van der Waals surface area contributed by atoms with Gasteiger partial charge in [-0.3, -0.25) is 4.79 Å². The number of amides is 1. The maximum Gasteiger partial charge on any atom is 0.236 e. The summed E-state index contributed by atoms with van der Waals surface area (Å²) in [6, 6.07) is 14.7. The molecule has 1 N–H and O–H groups in total. The van der Waals surface area contributed by atoms with Crippen LogP contribution in [0.2, 0.25) is 0 Å². The summed E-state index contributed by atoms with van der Waals surface area (Å²) in [5.41, 5.74) is 1.23. The third kappa shape index (κ3) is 2.61. The maximum absolute atomic E-state index is 12.0. The van der Waals surface area contributed by atoms with Gasteiger partial charge in [0.15, 0.2) is 0 Å². The second-order valence-corrected chi connectivity index (χ2v) is 4.98. The molecule has 1 heterocycles. The standard InChI is InChI=1S/C16H18N2O/c19-16-11-17-9-4-10-18(16)12-14-7-3-6-13-5-1-2-8-15(13)14/h1-3,5-8,17H,4,9-12H2. The van der Waals surface area contributed by atoms with Crippen molar-refractivity contribution in [1.82, 2.24) is 10.2 Å². The summed E-state index contributed by atoms with van der Waals surface area (Å²) in [5.74, 6) is 0.199. The van der Waals surface area contributed by atoms with E-state index >= 15 is 0 Å². The summed E-state index contributed by atoms with van der Waals surface area (Å²) < 4.78 is 0. The molecule has 2 aromatic carbocycles. The minimum atomic E-state index is 0.199. The Hall–Kier alpha value is -1.87. The van der Waals surface area contributed by atoms with Crippen molar-refractivity contribution in [3.8, 4) is 0 Å². The number of fused-ring (bicyclic) bond motifs is 1. The van der Waals surface area contributed by atoms with E-state index in [9.17, 15) is 4.79 Å². The van der Waals surface area contributed by atoms with E-state index in [1.54, 1.807) is 0 Å². The number of rotatable bonds is 2. The lowest BCUT2D eigenvalue weighted by Gasteiger charge is -2.21. The average molecular weight is 254 g/mol. The quantitative estimate of drug-likeness (QED) is 0.890. The number of nitrogens with one attached hydrogen (secondary N) is 1. The van der Waals surface area contributed by atoms with Crippen LogP contribution in [0.4, 0.5) is 0 Å². The van der Waals surface area contributed by atoms with Crippen LogP contribution in [0.15, 0.2) is 42.5 Å². The highest BCUT2D eigenvalue weighted by Gasteiger charge is 2.16. The van der Waals surface area contributed by atoms with Gasteiger partial charge in [-0.2, -0.15) is 0 Å². The Morgan fingerprint density at radius 1 is 1.11 bits per heavy atom. The van der Waals surface area contributed by atoms with Crippen LogP contribution in [0.3, 0.4) is 0 Å². The van der Waals surface area contributed by atoms with Crippen molar-refractivity contribution in [2.45, 2.75) is 13.0 Å². The van der Waals surface area contributed by atoms with Gasteiger partial charge >= 0.3 is 0 Å². The lowest BCUT2D eigenvalue weighted by Crippen LogP contribution is -2.34. The first kappa shape index (κ1) is 12.2. The number of carbonyl (C=O) groups excluding carboxylic acids is 1. The first-order chi connectivity index (χ1) is 9.34. The molecule has 0 radical (unpaired) electrons. The minimum Gasteiger partial charge on any atom is -0.337 e. The zero-order valence-corrected chi connectivity index (χ0v) is 10.9. The Bertz CT molecular complexity index is 589. The van der Waals surface area contributed by atoms with E-state index in [0.29, 0.717) is 13.1 Å². The van der Waals surface area contributed by atoms with Gasteiger partial charge in [-0.1, -0.05) is 42.5 Å². The maximum atomic E-state index is 12.0. The van der Waals surface area contributed by atoms with Crippen LogP contribution in [0.1, 0.15) is 12.0 Å². The Labute approximate surface area is 113 Å². The van der Waals surface area contributed by atoms with E-state index < -0.39 is 0 Å². The molecule has 3 nitrogen and oxygen atoms in total. The fraction of sp³-hybridized carbons (Fsp3) is 0.312. The molecule has 2 aromatic rings. The number of carbonyl (C=O) groups is 1. The van der Waals surface area contributed by atoms with Crippen LogP contribution in [-0.2, 0) is 11.3 Å². The molecule has 1 aliphatic heterocycles. The smallest absolute Gasteiger partial charge is 0.236 e. The normalized spacial score (nSPS) is 16.6. The molecule has 0 aromatic heterocycles. The van der Waals surface area contributed by atoms with E-state index in [1.807, 2.05) is 11.0 Å². The van der Waals surface area contributed by atoms with Crippen LogP contribution in [0, 0.1) is 0 Å². The van der Waals surface area contributed by atoms with Gasteiger partial charge < -0.3 is 10.2 Å². The Morgan fingerprint density at radius 3 is 2.89 bits per heavy atom. The van der Waals surface area contributed by atoms with Crippen LogP contribution in [0.25, 0.3) is 10.8 Å². The monoisotopic (exact) mass is 254 g/mol. The van der Waals surface area contributed by atoms with E-state index in [-0.39, 0.29) is 5.91 Å². The molecular weight excluding hydrogens is 236 g/mol. The zero-order valence-electron chi connectivity index (χ0n) is 10.9. The molecule has 1 amide bonds. The van der Waals surface area contributed by atoms with Crippen molar-refractivity contribution in [3.63, 3.8) is 0 Å². The van der Waals surface area contributed by atoms with Crippen molar-refractivity contribution in [2.75, 3.05) is 19.6 Å². The third-order valence-electron chi connectivity index (χ3n) is 3.65. The minimum absolute atomic E-state index is 0.199. The fourth-order valence-corrected chi connectivity index (χ4v) is 2.63. The average Bonchev–Trinajstić information content (AvgIpc) is 2.65. The number of benzene rings is 2. The number of hydrogen-bond donors (Lipinski definition) is 1. The molecule has 1 saturated heterocycles. The molecular formula is C16H18N2O. The summed E-state index contributed by atoms with van der Waals surface area (Å²) in [7, 11) is 0. The first-order valence-electron chi connectivity index (χ1n) is 6.80. The molecule has 0 unspecified atom stereocenters. The van der Waals surface area contributed by atoms with Crippen LogP contribution < -0.4 is 5.32 Å². The highest BCUT2D eigenvalue weighted by molar-refractivity contribution is 5.86. The molecule has 0 saturated carbocycles. The van der Waals surface area contributed by atoms with Gasteiger partial charge in [0.1, 0.15) is 0 Å². The molecule has 1 aliphatic rings. The van der Waals surface area contributed by atoms with Gasteiger partial charge in [0.05, 0.1) is 6.54 Å². The molecule has 3 heteroatoms. The second-order valence-electron chi connectivity index (χ2n) is 4.98. The Balaban J connectivity index is 1.90. The molecule has 0 bridgehead atoms. The van der Waals surface area contributed by atoms with Crippen LogP contribution >= 0.6 is 0 Å². The summed E-state index contributed by atoms with van der Waals surface area (Å²) in [6.45, 7) is 2.94. The summed E-state index contributed by atoms with van der Waals surface area (Å²) in [6.07, 6.45) is 1.02. The molecule has 0 atom stereocenters. The largest absolute Gasteiger partial charge is 0.337 e. The topological polar surface area (TPSA) is 32.3 Å². The summed E-state index contributed by atoms with van der Waals surface area (Å²) in [4.78, 5) is 14.0. The molecule has 98 valence electrons. The first-order valence-corrected chi connectivity index (χ1v) is 6.80. The van der Waals surface area contributed by atoms with Crippen molar-refractivity contribution in [3.05, 3.63) is 48.0 Å². The second kappa shape index (κ2) is 5.41. The highest BCUT2D eigenvalue weighted by Crippen LogP contribution is 2.20. The van der Waals surface area contributed by atoms with Gasteiger partial charge in [0, 0.05) is 13.1 Å². The highest BCUT2D eigenvalue weighted by atomic mass is 16.2. The lowest BCUT2D eigenvalue weighted by molar-refractivity contribution is -0.130. The van der Waals surface area contributed by atoms with Crippen LogP contribution in [-0.4, -0.2) is 30.4 Å². The van der Waals surface area contributed by atoms with Gasteiger partial charge in [-0.15, -0.1) is 0 Å². The Kier molecular flexibility index (Phi) is 3.47. The van der Waals surface area contributed by atoms with E-state index in [4.69, 9.17) is 0 Å². The van der Waals surface area contributed by atoms with Gasteiger partial charge in [-0.05, 0) is 29.3 Å². The molecule has 1 fully saturated rings. The molecule has 3 rings (SSSR count). The van der Waals surface area contributed by atoms with Crippen molar-refractivity contribution in [2.24, 2.45) is 0 Å². The van der Waals surface area contributed by atoms with E-state index in [2.05, 4.69) is 41.7 Å². The number of nitrogens with zero attached hydrogens (tertiary/aromatic N) is 1. The van der Waals surface area contributed by atoms with Crippen molar-refractivity contribution < 1.29 is 4.79 Å². The predicted octanol–water partition coefficient (Wildman–Crippen LogP) is 2.16. The third-order valence-corrected chi connectivity index (χ3v) is 3.65. The van der Waals surface area contributed by atoms with Crippen LogP contribution in [0.5, 0.6) is 0 Å². The summed E-state index contributed by atoms with van der Waals surface area (Å²) in [5, 5.41) is 5.64. The number of hydrogen-bond acceptors (Lipinski definition) is 2.